The summed E-state index contributed by atoms with van der Waals surface area (Å²) >= 11 is 0. The van der Waals surface area contributed by atoms with Crippen molar-refractivity contribution in [3.8, 4) is 0 Å². The van der Waals surface area contributed by atoms with E-state index in [-0.39, 0.29) is 11.1 Å². The largest absolute Gasteiger partial charge is 0.364 e. The Bertz CT molecular complexity index is 492. The van der Waals surface area contributed by atoms with Crippen LogP contribution in [0.2, 0.25) is 0 Å². The van der Waals surface area contributed by atoms with Crippen LogP contribution in [0.15, 0.2) is 17.2 Å². The molecule has 21 heavy (non-hydrogen) atoms. The van der Waals surface area contributed by atoms with E-state index in [1.807, 2.05) is 20.8 Å². The minimum Gasteiger partial charge on any atom is -0.364 e. The molecular formula is C16H30N4O. The molecule has 0 spiro atoms. The maximum atomic E-state index is 12.4. The van der Waals surface area contributed by atoms with Gasteiger partial charge >= 0.3 is 0 Å². The molecule has 0 saturated carbocycles. The minimum absolute atomic E-state index is 0.0642. The number of nitrogens with one attached hydrogen (secondary N) is 1. The highest BCUT2D eigenvalue weighted by Crippen LogP contribution is 2.10. The normalized spacial score (nSPS) is 12.5. The van der Waals surface area contributed by atoms with Gasteiger partial charge in [-0.3, -0.25) is 9.69 Å². The average molecular weight is 294 g/mol. The molecule has 0 radical (unpaired) electrons. The molecule has 0 aliphatic carbocycles. The predicted octanol–water partition coefficient (Wildman–Crippen LogP) is 2.53. The van der Waals surface area contributed by atoms with Crippen molar-refractivity contribution in [2.75, 3.05) is 18.4 Å². The quantitative estimate of drug-likeness (QED) is 0.876. The fraction of sp³-hybridized carbons (Fsp3) is 0.750. The average Bonchev–Trinajstić information content (AvgIpc) is 2.33. The van der Waals surface area contributed by atoms with E-state index in [4.69, 9.17) is 0 Å². The van der Waals surface area contributed by atoms with Gasteiger partial charge in [-0.05, 0) is 48.5 Å². The fourth-order valence-electron chi connectivity index (χ4n) is 2.48. The molecule has 1 N–H and O–H groups in total. The van der Waals surface area contributed by atoms with Crippen LogP contribution in [0, 0.1) is 0 Å². The van der Waals surface area contributed by atoms with Gasteiger partial charge in [0, 0.05) is 43.1 Å². The van der Waals surface area contributed by atoms with Crippen molar-refractivity contribution in [2.45, 2.75) is 66.1 Å². The van der Waals surface area contributed by atoms with E-state index in [2.05, 4.69) is 42.9 Å². The van der Waals surface area contributed by atoms with E-state index < -0.39 is 0 Å². The highest BCUT2D eigenvalue weighted by Gasteiger charge is 2.17. The monoisotopic (exact) mass is 294 g/mol. The summed E-state index contributed by atoms with van der Waals surface area (Å²) < 4.78 is 1.71. The molecule has 0 fully saturated rings. The summed E-state index contributed by atoms with van der Waals surface area (Å²) in [6, 6.07) is 0.975. The number of rotatable bonds is 6. The van der Waals surface area contributed by atoms with Gasteiger partial charge in [0.1, 0.15) is 0 Å². The Labute approximate surface area is 128 Å². The van der Waals surface area contributed by atoms with Crippen molar-refractivity contribution >= 4 is 5.82 Å². The minimum atomic E-state index is -0.238. The molecule has 120 valence electrons. The number of nitrogens with zero attached hydrogens (tertiary/aromatic N) is 3. The molecule has 1 aromatic rings. The Hall–Kier alpha value is -1.36. The summed E-state index contributed by atoms with van der Waals surface area (Å²) in [6.45, 7) is 16.4. The van der Waals surface area contributed by atoms with Gasteiger partial charge in [0.25, 0.3) is 5.56 Å². The second-order valence-corrected chi connectivity index (χ2v) is 6.97. The summed E-state index contributed by atoms with van der Waals surface area (Å²) in [5.41, 5.74) is -0.302. The third-order valence-corrected chi connectivity index (χ3v) is 3.55. The van der Waals surface area contributed by atoms with Crippen molar-refractivity contribution in [2.24, 2.45) is 0 Å². The van der Waals surface area contributed by atoms with Crippen LogP contribution in [0.1, 0.15) is 48.5 Å². The summed E-state index contributed by atoms with van der Waals surface area (Å²) in [4.78, 5) is 18.9. The van der Waals surface area contributed by atoms with Crippen LogP contribution in [0.4, 0.5) is 5.82 Å². The van der Waals surface area contributed by atoms with Crippen LogP contribution in [-0.4, -0.2) is 39.6 Å². The van der Waals surface area contributed by atoms with Crippen molar-refractivity contribution in [1.82, 2.24) is 14.5 Å². The topological polar surface area (TPSA) is 50.2 Å². The molecule has 0 atom stereocenters. The van der Waals surface area contributed by atoms with Crippen molar-refractivity contribution in [3.05, 3.63) is 22.7 Å². The molecule has 0 aliphatic rings. The van der Waals surface area contributed by atoms with Crippen LogP contribution >= 0.6 is 0 Å². The lowest BCUT2D eigenvalue weighted by molar-refractivity contribution is 0.182. The SMILES string of the molecule is CC(C)N(CCNc1nccn(C(C)(C)C)c1=O)C(C)C. The molecule has 0 unspecified atom stereocenters. The highest BCUT2D eigenvalue weighted by molar-refractivity contribution is 5.31. The summed E-state index contributed by atoms with van der Waals surface area (Å²) in [7, 11) is 0. The zero-order valence-electron chi connectivity index (χ0n) is 14.5. The zero-order chi connectivity index (χ0) is 16.2. The summed E-state index contributed by atoms with van der Waals surface area (Å²) in [5.74, 6) is 0.430. The maximum absolute atomic E-state index is 12.4. The van der Waals surface area contributed by atoms with E-state index in [0.29, 0.717) is 24.4 Å². The van der Waals surface area contributed by atoms with Crippen LogP contribution < -0.4 is 10.9 Å². The number of hydrogen-bond acceptors (Lipinski definition) is 4. The van der Waals surface area contributed by atoms with Gasteiger partial charge in [0.2, 0.25) is 0 Å². The molecule has 1 aromatic heterocycles. The molecule has 1 rings (SSSR count). The zero-order valence-corrected chi connectivity index (χ0v) is 14.5. The molecule has 0 saturated heterocycles. The smallest absolute Gasteiger partial charge is 0.293 e. The van der Waals surface area contributed by atoms with Gasteiger partial charge in [-0.15, -0.1) is 0 Å². The molecule has 1 heterocycles. The summed E-state index contributed by atoms with van der Waals surface area (Å²) in [6.07, 6.45) is 3.42. The second kappa shape index (κ2) is 7.07. The molecular weight excluding hydrogens is 264 g/mol. The Morgan fingerprint density at radius 2 is 1.81 bits per heavy atom. The number of anilines is 1. The van der Waals surface area contributed by atoms with E-state index in [9.17, 15) is 4.79 Å². The number of hydrogen-bond donors (Lipinski definition) is 1. The lowest BCUT2D eigenvalue weighted by Gasteiger charge is -2.30. The van der Waals surface area contributed by atoms with Gasteiger partial charge in [0.05, 0.1) is 0 Å². The van der Waals surface area contributed by atoms with Crippen LogP contribution in [-0.2, 0) is 5.54 Å². The van der Waals surface area contributed by atoms with Gasteiger partial charge < -0.3 is 9.88 Å². The lowest BCUT2D eigenvalue weighted by Crippen LogP contribution is -2.41. The third kappa shape index (κ3) is 4.84. The first-order chi connectivity index (χ1) is 9.64. The van der Waals surface area contributed by atoms with Gasteiger partial charge in [-0.2, -0.15) is 0 Å². The number of aromatic nitrogens is 2. The molecule has 0 aromatic carbocycles. The van der Waals surface area contributed by atoms with Crippen molar-refractivity contribution in [3.63, 3.8) is 0 Å². The van der Waals surface area contributed by atoms with Crippen LogP contribution in [0.3, 0.4) is 0 Å². The Kier molecular flexibility index (Phi) is 5.96. The third-order valence-electron chi connectivity index (χ3n) is 3.55. The fourth-order valence-corrected chi connectivity index (χ4v) is 2.48. The Morgan fingerprint density at radius 1 is 1.24 bits per heavy atom. The van der Waals surface area contributed by atoms with Crippen LogP contribution in [0.5, 0.6) is 0 Å². The molecule has 5 heteroatoms. The first-order valence-electron chi connectivity index (χ1n) is 7.72. The van der Waals surface area contributed by atoms with E-state index in [0.717, 1.165) is 6.54 Å². The van der Waals surface area contributed by atoms with Gasteiger partial charge in [-0.1, -0.05) is 0 Å². The molecule has 0 bridgehead atoms. The molecule has 5 nitrogen and oxygen atoms in total. The molecule has 0 aliphatic heterocycles. The highest BCUT2D eigenvalue weighted by atomic mass is 16.1. The van der Waals surface area contributed by atoms with E-state index in [1.165, 1.54) is 0 Å². The van der Waals surface area contributed by atoms with Crippen molar-refractivity contribution in [1.29, 1.82) is 0 Å². The van der Waals surface area contributed by atoms with Gasteiger partial charge in [0.15, 0.2) is 5.82 Å². The lowest BCUT2D eigenvalue weighted by atomic mass is 10.1. The molecule has 0 amide bonds. The standard InChI is InChI=1S/C16H30N4O/c1-12(2)19(13(3)4)10-8-17-14-15(21)20(11-9-18-14)16(5,6)7/h9,11-13H,8,10H2,1-7H3,(H,17,18). The van der Waals surface area contributed by atoms with Crippen LogP contribution in [0.25, 0.3) is 0 Å². The second-order valence-electron chi connectivity index (χ2n) is 6.97. The first-order valence-corrected chi connectivity index (χ1v) is 7.72. The Balaban J connectivity index is 2.75. The van der Waals surface area contributed by atoms with Crippen molar-refractivity contribution < 1.29 is 0 Å². The summed E-state index contributed by atoms with van der Waals surface area (Å²) in [5, 5.41) is 3.18. The van der Waals surface area contributed by atoms with E-state index in [1.54, 1.807) is 17.0 Å². The predicted molar refractivity (Wildman–Crippen MR) is 89.0 cm³/mol. The Morgan fingerprint density at radius 3 is 2.29 bits per heavy atom. The first kappa shape index (κ1) is 17.7. The van der Waals surface area contributed by atoms with Gasteiger partial charge in [-0.25, -0.2) is 4.98 Å². The maximum Gasteiger partial charge on any atom is 0.293 e. The van der Waals surface area contributed by atoms with E-state index >= 15 is 0 Å².